The lowest BCUT2D eigenvalue weighted by atomic mass is 9.93. The number of aryl methyl sites for hydroxylation is 1. The van der Waals surface area contributed by atoms with Crippen LogP contribution in [-0.2, 0) is 0 Å². The second-order valence-electron chi connectivity index (χ2n) is 5.11. The third-order valence-corrected chi connectivity index (χ3v) is 3.92. The van der Waals surface area contributed by atoms with Gasteiger partial charge in [0, 0.05) is 11.6 Å². The van der Waals surface area contributed by atoms with Gasteiger partial charge in [-0.25, -0.2) is 0 Å². The molecule has 20 heavy (non-hydrogen) atoms. The van der Waals surface area contributed by atoms with Crippen LogP contribution in [0.15, 0.2) is 54.7 Å². The van der Waals surface area contributed by atoms with Crippen molar-refractivity contribution in [3.8, 4) is 0 Å². The maximum atomic E-state index is 10.8. The number of aliphatic hydroxyl groups excluding tert-OH is 1. The van der Waals surface area contributed by atoms with Gasteiger partial charge in [0.05, 0.1) is 5.52 Å². The Hall–Kier alpha value is -2.19. The summed E-state index contributed by atoms with van der Waals surface area (Å²) in [4.78, 5) is 4.35. The van der Waals surface area contributed by atoms with E-state index >= 15 is 0 Å². The SMILES string of the molecule is Cc1cccc(C(O)c2ccnc3ccccc23)c1C. The minimum atomic E-state index is -0.622. The Kier molecular flexibility index (Phi) is 3.25. The van der Waals surface area contributed by atoms with Gasteiger partial charge in [0.2, 0.25) is 0 Å². The quantitative estimate of drug-likeness (QED) is 0.760. The van der Waals surface area contributed by atoms with Crippen molar-refractivity contribution in [3.63, 3.8) is 0 Å². The predicted molar refractivity (Wildman–Crippen MR) is 81.7 cm³/mol. The average Bonchev–Trinajstić information content (AvgIpc) is 2.49. The number of rotatable bonds is 2. The Morgan fingerprint density at radius 1 is 0.900 bits per heavy atom. The molecule has 100 valence electrons. The third kappa shape index (κ3) is 2.08. The van der Waals surface area contributed by atoms with Gasteiger partial charge >= 0.3 is 0 Å². The van der Waals surface area contributed by atoms with Crippen molar-refractivity contribution >= 4 is 10.9 Å². The van der Waals surface area contributed by atoms with Gasteiger partial charge in [0.15, 0.2) is 0 Å². The van der Waals surface area contributed by atoms with Crippen LogP contribution in [0.4, 0.5) is 0 Å². The number of fused-ring (bicyclic) bond motifs is 1. The van der Waals surface area contributed by atoms with Gasteiger partial charge < -0.3 is 5.11 Å². The molecule has 0 saturated carbocycles. The minimum absolute atomic E-state index is 0.622. The van der Waals surface area contributed by atoms with E-state index in [0.717, 1.165) is 27.6 Å². The molecule has 0 aliphatic carbocycles. The second kappa shape index (κ2) is 5.06. The lowest BCUT2D eigenvalue weighted by molar-refractivity contribution is 0.221. The van der Waals surface area contributed by atoms with Crippen molar-refractivity contribution in [1.82, 2.24) is 4.98 Å². The Bertz CT molecular complexity index is 759. The number of aromatic nitrogens is 1. The highest BCUT2D eigenvalue weighted by atomic mass is 16.3. The summed E-state index contributed by atoms with van der Waals surface area (Å²) >= 11 is 0. The standard InChI is InChI=1S/C18H17NO/c1-12-6-5-8-14(13(12)2)18(20)16-10-11-19-17-9-4-3-7-15(16)17/h3-11,18,20H,1-2H3. The van der Waals surface area contributed by atoms with E-state index in [4.69, 9.17) is 0 Å². The molecule has 0 spiro atoms. The molecule has 0 bridgehead atoms. The first-order chi connectivity index (χ1) is 9.68. The summed E-state index contributed by atoms with van der Waals surface area (Å²) in [7, 11) is 0. The molecule has 2 heteroatoms. The van der Waals surface area contributed by atoms with Crippen molar-refractivity contribution in [1.29, 1.82) is 0 Å². The number of hydrogen-bond donors (Lipinski definition) is 1. The third-order valence-electron chi connectivity index (χ3n) is 3.92. The van der Waals surface area contributed by atoms with Gasteiger partial charge in [-0.05, 0) is 48.2 Å². The van der Waals surface area contributed by atoms with Crippen LogP contribution in [-0.4, -0.2) is 10.1 Å². The monoisotopic (exact) mass is 263 g/mol. The molecule has 3 rings (SSSR count). The highest BCUT2D eigenvalue weighted by Crippen LogP contribution is 2.30. The van der Waals surface area contributed by atoms with E-state index in [2.05, 4.69) is 24.9 Å². The molecule has 1 atom stereocenters. The summed E-state index contributed by atoms with van der Waals surface area (Å²) < 4.78 is 0. The second-order valence-corrected chi connectivity index (χ2v) is 5.11. The molecule has 0 aliphatic rings. The van der Waals surface area contributed by atoms with E-state index < -0.39 is 6.10 Å². The van der Waals surface area contributed by atoms with Crippen molar-refractivity contribution in [2.45, 2.75) is 20.0 Å². The smallest absolute Gasteiger partial charge is 0.105 e. The van der Waals surface area contributed by atoms with Crippen LogP contribution in [0.25, 0.3) is 10.9 Å². The van der Waals surface area contributed by atoms with Gasteiger partial charge in [-0.15, -0.1) is 0 Å². The summed E-state index contributed by atoms with van der Waals surface area (Å²) in [5, 5.41) is 11.8. The fourth-order valence-electron chi connectivity index (χ4n) is 2.59. The summed E-state index contributed by atoms with van der Waals surface area (Å²) in [6, 6.07) is 15.9. The van der Waals surface area contributed by atoms with Crippen molar-refractivity contribution in [3.05, 3.63) is 77.0 Å². The molecule has 0 amide bonds. The number of pyridine rings is 1. The Balaban J connectivity index is 2.18. The van der Waals surface area contributed by atoms with E-state index in [9.17, 15) is 5.11 Å². The Labute approximate surface area is 118 Å². The molecule has 1 heterocycles. The lowest BCUT2D eigenvalue weighted by Crippen LogP contribution is -2.04. The molecule has 0 radical (unpaired) electrons. The minimum Gasteiger partial charge on any atom is -0.384 e. The normalized spacial score (nSPS) is 12.6. The fourth-order valence-corrected chi connectivity index (χ4v) is 2.59. The maximum absolute atomic E-state index is 10.8. The Morgan fingerprint density at radius 3 is 2.55 bits per heavy atom. The van der Waals surface area contributed by atoms with Crippen LogP contribution in [0.2, 0.25) is 0 Å². The van der Waals surface area contributed by atoms with E-state index in [1.807, 2.05) is 42.5 Å². The molecule has 0 saturated heterocycles. The number of para-hydroxylation sites is 1. The van der Waals surface area contributed by atoms with Gasteiger partial charge in [-0.1, -0.05) is 36.4 Å². The first-order valence-corrected chi connectivity index (χ1v) is 6.76. The van der Waals surface area contributed by atoms with Crippen LogP contribution in [0, 0.1) is 13.8 Å². The van der Waals surface area contributed by atoms with Gasteiger partial charge in [0.25, 0.3) is 0 Å². The van der Waals surface area contributed by atoms with E-state index in [1.54, 1.807) is 6.20 Å². The van der Waals surface area contributed by atoms with Gasteiger partial charge in [-0.2, -0.15) is 0 Å². The van der Waals surface area contributed by atoms with Crippen LogP contribution >= 0.6 is 0 Å². The first kappa shape index (κ1) is 12.8. The van der Waals surface area contributed by atoms with Crippen LogP contribution in [0.3, 0.4) is 0 Å². The van der Waals surface area contributed by atoms with E-state index in [1.165, 1.54) is 5.56 Å². The van der Waals surface area contributed by atoms with Crippen molar-refractivity contribution in [2.24, 2.45) is 0 Å². The number of nitrogens with zero attached hydrogens (tertiary/aromatic N) is 1. The highest BCUT2D eigenvalue weighted by molar-refractivity contribution is 5.82. The molecule has 0 aliphatic heterocycles. The van der Waals surface area contributed by atoms with E-state index in [-0.39, 0.29) is 0 Å². The average molecular weight is 263 g/mol. The fraction of sp³-hybridized carbons (Fsp3) is 0.167. The van der Waals surface area contributed by atoms with Crippen LogP contribution in [0.1, 0.15) is 28.4 Å². The molecule has 1 aromatic heterocycles. The van der Waals surface area contributed by atoms with Gasteiger partial charge in [-0.3, -0.25) is 4.98 Å². The molecule has 0 fully saturated rings. The molecular formula is C18H17NO. The first-order valence-electron chi connectivity index (χ1n) is 6.76. The van der Waals surface area contributed by atoms with Crippen molar-refractivity contribution in [2.75, 3.05) is 0 Å². The largest absolute Gasteiger partial charge is 0.384 e. The van der Waals surface area contributed by atoms with Crippen LogP contribution in [0.5, 0.6) is 0 Å². The van der Waals surface area contributed by atoms with Crippen molar-refractivity contribution < 1.29 is 5.11 Å². The Morgan fingerprint density at radius 2 is 1.70 bits per heavy atom. The number of hydrogen-bond acceptors (Lipinski definition) is 2. The maximum Gasteiger partial charge on any atom is 0.105 e. The zero-order chi connectivity index (χ0) is 14.1. The zero-order valence-corrected chi connectivity index (χ0v) is 11.7. The summed E-state index contributed by atoms with van der Waals surface area (Å²) in [5.74, 6) is 0. The molecule has 3 aromatic rings. The van der Waals surface area contributed by atoms with Crippen LogP contribution < -0.4 is 0 Å². The molecular weight excluding hydrogens is 246 g/mol. The molecule has 2 aromatic carbocycles. The summed E-state index contributed by atoms with van der Waals surface area (Å²) in [5.41, 5.74) is 5.11. The van der Waals surface area contributed by atoms with E-state index in [0.29, 0.717) is 0 Å². The molecule has 2 nitrogen and oxygen atoms in total. The summed E-state index contributed by atoms with van der Waals surface area (Å²) in [6.45, 7) is 4.12. The molecule has 1 unspecified atom stereocenters. The highest BCUT2D eigenvalue weighted by Gasteiger charge is 2.16. The summed E-state index contributed by atoms with van der Waals surface area (Å²) in [6.07, 6.45) is 1.13. The number of benzene rings is 2. The number of aliphatic hydroxyl groups is 1. The lowest BCUT2D eigenvalue weighted by Gasteiger charge is -2.17. The zero-order valence-electron chi connectivity index (χ0n) is 11.7. The van der Waals surface area contributed by atoms with Gasteiger partial charge in [0.1, 0.15) is 6.10 Å². The topological polar surface area (TPSA) is 33.1 Å². The predicted octanol–water partition coefficient (Wildman–Crippen LogP) is 3.93. The molecule has 1 N–H and O–H groups in total.